The first kappa shape index (κ1) is 22.3. The molecular formula is C24H32N6O. The van der Waals surface area contributed by atoms with E-state index in [9.17, 15) is 0 Å². The lowest BCUT2D eigenvalue weighted by Gasteiger charge is -2.13. The molecule has 0 saturated heterocycles. The van der Waals surface area contributed by atoms with Gasteiger partial charge < -0.3 is 19.9 Å². The summed E-state index contributed by atoms with van der Waals surface area (Å²) < 4.78 is 7.21. The molecule has 1 aromatic heterocycles. The van der Waals surface area contributed by atoms with E-state index in [1.54, 1.807) is 7.11 Å². The molecule has 0 atom stereocenters. The number of nitrogens with zero attached hydrogens (tertiary/aromatic N) is 4. The van der Waals surface area contributed by atoms with Crippen LogP contribution < -0.4 is 15.4 Å². The van der Waals surface area contributed by atoms with Gasteiger partial charge in [0, 0.05) is 13.6 Å². The Balaban J connectivity index is 1.65. The molecule has 1 heterocycles. The van der Waals surface area contributed by atoms with Crippen molar-refractivity contribution in [1.29, 1.82) is 0 Å². The van der Waals surface area contributed by atoms with Crippen molar-refractivity contribution in [3.05, 3.63) is 76.9 Å². The molecule has 2 N–H and O–H groups in total. The van der Waals surface area contributed by atoms with E-state index < -0.39 is 0 Å². The zero-order chi connectivity index (χ0) is 22.1. The van der Waals surface area contributed by atoms with Crippen LogP contribution >= 0.6 is 0 Å². The summed E-state index contributed by atoms with van der Waals surface area (Å²) in [5, 5.41) is 15.2. The molecule has 3 aromatic rings. The molecule has 0 fully saturated rings. The van der Waals surface area contributed by atoms with Crippen molar-refractivity contribution in [3.8, 4) is 5.75 Å². The van der Waals surface area contributed by atoms with Crippen LogP contribution in [-0.4, -0.2) is 34.4 Å². The third-order valence-electron chi connectivity index (χ3n) is 5.37. The van der Waals surface area contributed by atoms with Gasteiger partial charge in [-0.25, -0.2) is 4.99 Å². The van der Waals surface area contributed by atoms with E-state index in [4.69, 9.17) is 9.73 Å². The quantitative estimate of drug-likeness (QED) is 0.411. The molecule has 0 bridgehead atoms. The molecule has 0 aliphatic heterocycles. The highest BCUT2D eigenvalue weighted by molar-refractivity contribution is 5.79. The maximum Gasteiger partial charge on any atom is 0.191 e. The Morgan fingerprint density at radius 3 is 2.42 bits per heavy atom. The van der Waals surface area contributed by atoms with Crippen LogP contribution in [0.15, 0.2) is 53.5 Å². The summed E-state index contributed by atoms with van der Waals surface area (Å²) in [5.41, 5.74) is 3.82. The van der Waals surface area contributed by atoms with E-state index >= 15 is 0 Å². The van der Waals surface area contributed by atoms with Gasteiger partial charge in [-0.3, -0.25) is 0 Å². The molecule has 164 valence electrons. The average Bonchev–Trinajstić information content (AvgIpc) is 3.13. The van der Waals surface area contributed by atoms with Crippen molar-refractivity contribution in [2.45, 2.75) is 39.8 Å². The fourth-order valence-electron chi connectivity index (χ4n) is 3.28. The van der Waals surface area contributed by atoms with Crippen molar-refractivity contribution in [2.75, 3.05) is 13.7 Å². The Bertz CT molecular complexity index is 994. The standard InChI is InChI=1S/C24H32N6O/c1-5-20-8-6-7-9-21(20)16-26-24(27-17-23-29-28-18(2)30(23)3)25-15-14-19-10-12-22(31-4)13-11-19/h6-13H,5,14-17H2,1-4H3,(H2,25,26,27). The number of aromatic nitrogens is 3. The summed E-state index contributed by atoms with van der Waals surface area (Å²) in [5.74, 6) is 3.39. The van der Waals surface area contributed by atoms with Gasteiger partial charge in [-0.1, -0.05) is 43.3 Å². The van der Waals surface area contributed by atoms with Gasteiger partial charge in [0.25, 0.3) is 0 Å². The minimum Gasteiger partial charge on any atom is -0.497 e. The Hall–Kier alpha value is -3.35. The Morgan fingerprint density at radius 1 is 1.03 bits per heavy atom. The highest BCUT2D eigenvalue weighted by atomic mass is 16.5. The predicted molar refractivity (Wildman–Crippen MR) is 124 cm³/mol. The van der Waals surface area contributed by atoms with Crippen LogP contribution in [0.1, 0.15) is 35.3 Å². The molecule has 0 aliphatic carbocycles. The van der Waals surface area contributed by atoms with Gasteiger partial charge in [0.05, 0.1) is 20.2 Å². The number of hydrogen-bond donors (Lipinski definition) is 2. The van der Waals surface area contributed by atoms with Crippen LogP contribution in [0.2, 0.25) is 0 Å². The monoisotopic (exact) mass is 420 g/mol. The third-order valence-corrected chi connectivity index (χ3v) is 5.37. The number of aryl methyl sites for hydroxylation is 2. The first-order valence-electron chi connectivity index (χ1n) is 10.7. The molecule has 0 spiro atoms. The summed E-state index contributed by atoms with van der Waals surface area (Å²) in [7, 11) is 3.65. The summed E-state index contributed by atoms with van der Waals surface area (Å²) in [6, 6.07) is 16.6. The molecule has 7 nitrogen and oxygen atoms in total. The minimum absolute atomic E-state index is 0.557. The van der Waals surface area contributed by atoms with Gasteiger partial charge in [-0.15, -0.1) is 10.2 Å². The Labute approximate surface area is 184 Å². The van der Waals surface area contributed by atoms with Gasteiger partial charge >= 0.3 is 0 Å². The van der Waals surface area contributed by atoms with E-state index in [1.165, 1.54) is 16.7 Å². The van der Waals surface area contributed by atoms with Crippen LogP contribution in [-0.2, 0) is 33.0 Å². The van der Waals surface area contributed by atoms with E-state index in [-0.39, 0.29) is 0 Å². The van der Waals surface area contributed by atoms with Gasteiger partial charge in [-0.2, -0.15) is 0 Å². The van der Waals surface area contributed by atoms with Crippen LogP contribution in [0.25, 0.3) is 0 Å². The van der Waals surface area contributed by atoms with Crippen molar-refractivity contribution in [1.82, 2.24) is 25.4 Å². The zero-order valence-electron chi connectivity index (χ0n) is 18.9. The summed E-state index contributed by atoms with van der Waals surface area (Å²) in [6.07, 6.45) is 1.89. The van der Waals surface area contributed by atoms with E-state index in [1.807, 2.05) is 30.7 Å². The van der Waals surface area contributed by atoms with Crippen molar-refractivity contribution in [2.24, 2.45) is 12.0 Å². The molecule has 0 amide bonds. The lowest BCUT2D eigenvalue weighted by atomic mass is 10.1. The van der Waals surface area contributed by atoms with E-state index in [0.717, 1.165) is 42.7 Å². The second kappa shape index (κ2) is 11.2. The summed E-state index contributed by atoms with van der Waals surface area (Å²) in [6.45, 7) is 6.07. The van der Waals surface area contributed by atoms with Gasteiger partial charge in [0.2, 0.25) is 0 Å². The summed E-state index contributed by atoms with van der Waals surface area (Å²) >= 11 is 0. The molecule has 3 rings (SSSR count). The molecular weight excluding hydrogens is 388 g/mol. The highest BCUT2D eigenvalue weighted by Crippen LogP contribution is 2.12. The SMILES string of the molecule is CCc1ccccc1CN=C(NCCc1ccc(OC)cc1)NCc1nnc(C)n1C. The topological polar surface area (TPSA) is 76.4 Å². The number of hydrogen-bond acceptors (Lipinski definition) is 4. The molecule has 7 heteroatoms. The smallest absolute Gasteiger partial charge is 0.191 e. The van der Waals surface area contributed by atoms with Crippen LogP contribution in [0.3, 0.4) is 0 Å². The van der Waals surface area contributed by atoms with Gasteiger partial charge in [0.15, 0.2) is 11.8 Å². The Kier molecular flexibility index (Phi) is 8.04. The van der Waals surface area contributed by atoms with Crippen molar-refractivity contribution >= 4 is 5.96 Å². The first-order valence-corrected chi connectivity index (χ1v) is 10.7. The molecule has 0 radical (unpaired) electrons. The number of methoxy groups -OCH3 is 1. The van der Waals surface area contributed by atoms with Crippen LogP contribution in [0.4, 0.5) is 0 Å². The number of guanidine groups is 1. The lowest BCUT2D eigenvalue weighted by molar-refractivity contribution is 0.414. The second-order valence-electron chi connectivity index (χ2n) is 7.39. The molecule has 0 saturated carbocycles. The number of aliphatic imine (C=N–C) groups is 1. The number of rotatable bonds is 9. The van der Waals surface area contributed by atoms with Gasteiger partial charge in [-0.05, 0) is 48.6 Å². The Morgan fingerprint density at radius 2 is 1.77 bits per heavy atom. The third kappa shape index (κ3) is 6.31. The van der Waals surface area contributed by atoms with Gasteiger partial charge in [0.1, 0.15) is 11.6 Å². The molecule has 0 unspecified atom stereocenters. The zero-order valence-corrected chi connectivity index (χ0v) is 18.9. The van der Waals surface area contributed by atoms with Crippen molar-refractivity contribution in [3.63, 3.8) is 0 Å². The van der Waals surface area contributed by atoms with E-state index in [2.05, 4.69) is 64.2 Å². The molecule has 31 heavy (non-hydrogen) atoms. The van der Waals surface area contributed by atoms with Crippen molar-refractivity contribution < 1.29 is 4.74 Å². The number of nitrogens with one attached hydrogen (secondary N) is 2. The second-order valence-corrected chi connectivity index (χ2v) is 7.39. The lowest BCUT2D eigenvalue weighted by Crippen LogP contribution is -2.38. The fraction of sp³-hybridized carbons (Fsp3) is 0.375. The maximum absolute atomic E-state index is 5.23. The number of ether oxygens (including phenoxy) is 1. The normalized spacial score (nSPS) is 11.4. The first-order chi connectivity index (χ1) is 15.1. The summed E-state index contributed by atoms with van der Waals surface area (Å²) in [4.78, 5) is 4.83. The fourth-order valence-corrected chi connectivity index (χ4v) is 3.28. The van der Waals surface area contributed by atoms with Crippen LogP contribution in [0, 0.1) is 6.92 Å². The molecule has 2 aromatic carbocycles. The largest absolute Gasteiger partial charge is 0.497 e. The minimum atomic E-state index is 0.557. The van der Waals surface area contributed by atoms with E-state index in [0.29, 0.717) is 13.1 Å². The average molecular weight is 421 g/mol. The maximum atomic E-state index is 5.23. The molecule has 0 aliphatic rings. The number of benzene rings is 2. The van der Waals surface area contributed by atoms with Crippen LogP contribution in [0.5, 0.6) is 5.75 Å². The highest BCUT2D eigenvalue weighted by Gasteiger charge is 2.07. The predicted octanol–water partition coefficient (Wildman–Crippen LogP) is 3.17.